The normalized spacial score (nSPS) is 27.6. The quantitative estimate of drug-likeness (QED) is 0.671. The third-order valence-corrected chi connectivity index (χ3v) is 5.98. The molecule has 0 radical (unpaired) electrons. The summed E-state index contributed by atoms with van der Waals surface area (Å²) < 4.78 is 84.7. The summed E-state index contributed by atoms with van der Waals surface area (Å²) in [5, 5.41) is 12.6. The number of rotatable bonds is 3. The minimum Gasteiger partial charge on any atom is -0.390 e. The highest BCUT2D eigenvalue weighted by Gasteiger charge is 2.57. The zero-order valence-electron chi connectivity index (χ0n) is 16.5. The molecule has 2 fully saturated rings. The van der Waals surface area contributed by atoms with Crippen LogP contribution in [0, 0.1) is 12.8 Å². The number of hydrogen-bond acceptors (Lipinski definition) is 4. The summed E-state index contributed by atoms with van der Waals surface area (Å²) in [5.41, 5.74) is -2.01. The number of pyridine rings is 1. The Morgan fingerprint density at radius 2 is 1.88 bits per heavy atom. The molecule has 1 aromatic heterocycles. The number of anilines is 1. The molecule has 2 aliphatic heterocycles. The van der Waals surface area contributed by atoms with E-state index in [9.17, 15) is 36.2 Å². The predicted molar refractivity (Wildman–Crippen MR) is 99.6 cm³/mol. The van der Waals surface area contributed by atoms with Crippen LogP contribution in [0.3, 0.4) is 0 Å². The molecule has 1 amide bonds. The zero-order valence-corrected chi connectivity index (χ0v) is 16.5. The molecule has 0 unspecified atom stereocenters. The van der Waals surface area contributed by atoms with E-state index in [-0.39, 0.29) is 23.4 Å². The lowest BCUT2D eigenvalue weighted by Crippen LogP contribution is -2.41. The summed E-state index contributed by atoms with van der Waals surface area (Å²) in [6, 6.07) is 5.18. The Bertz CT molecular complexity index is 1040. The number of fused-ring (bicyclic) bond motifs is 2. The van der Waals surface area contributed by atoms with Crippen molar-refractivity contribution in [3.63, 3.8) is 0 Å². The van der Waals surface area contributed by atoms with Crippen molar-refractivity contribution in [2.24, 2.45) is 5.92 Å². The Kier molecular flexibility index (Phi) is 5.44. The fourth-order valence-electron chi connectivity index (χ4n) is 4.53. The first-order valence-corrected chi connectivity index (χ1v) is 9.72. The molecule has 0 aliphatic carbocycles. The minimum absolute atomic E-state index is 0.0905. The molecule has 5 atom stereocenters. The molecule has 32 heavy (non-hydrogen) atoms. The highest BCUT2D eigenvalue weighted by atomic mass is 19.4. The van der Waals surface area contributed by atoms with Crippen molar-refractivity contribution in [3.05, 3.63) is 58.8 Å². The van der Waals surface area contributed by atoms with Gasteiger partial charge in [-0.3, -0.25) is 4.79 Å². The number of aromatic nitrogens is 1. The van der Waals surface area contributed by atoms with E-state index in [4.69, 9.17) is 4.74 Å². The van der Waals surface area contributed by atoms with E-state index in [1.54, 1.807) is 0 Å². The summed E-state index contributed by atoms with van der Waals surface area (Å²) >= 11 is 0. The standard InChI is InChI=1S/C21H18F6N2O3/c1-9-12(21(25,26)27)5-6-28-18(9)29-19(31)16-14-8-13(30)17(32-14)15(16)10-3-2-4-11(7-10)20(22,23)24/h2-7,13-17,30H,8H2,1H3,(H,28,29,31)/t13-,14+,15+,16-,17-/m0/s1. The molecule has 2 N–H and O–H groups in total. The number of nitrogens with one attached hydrogen (secondary N) is 1. The van der Waals surface area contributed by atoms with Crippen molar-refractivity contribution in [2.75, 3.05) is 5.32 Å². The van der Waals surface area contributed by atoms with Crippen LogP contribution in [0.15, 0.2) is 36.5 Å². The topological polar surface area (TPSA) is 71.5 Å². The number of halogens is 6. The van der Waals surface area contributed by atoms with Crippen molar-refractivity contribution in [2.45, 2.75) is 49.9 Å². The second-order valence-corrected chi connectivity index (χ2v) is 7.94. The number of nitrogens with zero attached hydrogens (tertiary/aromatic N) is 1. The van der Waals surface area contributed by atoms with Gasteiger partial charge in [0.1, 0.15) is 5.82 Å². The van der Waals surface area contributed by atoms with Gasteiger partial charge < -0.3 is 15.2 Å². The van der Waals surface area contributed by atoms with Crippen LogP contribution >= 0.6 is 0 Å². The Morgan fingerprint density at radius 1 is 1.16 bits per heavy atom. The lowest BCUT2D eigenvalue weighted by molar-refractivity contribution is -0.138. The van der Waals surface area contributed by atoms with Crippen LogP contribution in [0.2, 0.25) is 0 Å². The summed E-state index contributed by atoms with van der Waals surface area (Å²) in [4.78, 5) is 16.9. The third kappa shape index (κ3) is 3.95. The van der Waals surface area contributed by atoms with Crippen LogP contribution in [-0.4, -0.2) is 34.3 Å². The number of carbonyl (C=O) groups is 1. The molecule has 3 heterocycles. The highest BCUT2D eigenvalue weighted by Crippen LogP contribution is 2.50. The van der Waals surface area contributed by atoms with Gasteiger partial charge in [-0.15, -0.1) is 0 Å². The Labute approximate surface area is 178 Å². The first-order chi connectivity index (χ1) is 14.9. The monoisotopic (exact) mass is 460 g/mol. The molecule has 2 aliphatic rings. The van der Waals surface area contributed by atoms with Gasteiger partial charge in [-0.25, -0.2) is 4.98 Å². The number of aliphatic hydroxyl groups excluding tert-OH is 1. The molecule has 2 bridgehead atoms. The third-order valence-electron chi connectivity index (χ3n) is 5.98. The van der Waals surface area contributed by atoms with Gasteiger partial charge >= 0.3 is 12.4 Å². The second kappa shape index (κ2) is 7.73. The van der Waals surface area contributed by atoms with Gasteiger partial charge in [0.05, 0.1) is 35.4 Å². The van der Waals surface area contributed by atoms with Crippen LogP contribution in [0.25, 0.3) is 0 Å². The second-order valence-electron chi connectivity index (χ2n) is 7.94. The maximum atomic E-state index is 13.2. The van der Waals surface area contributed by atoms with E-state index in [1.807, 2.05) is 0 Å². The van der Waals surface area contributed by atoms with Gasteiger partial charge in [-0.2, -0.15) is 26.3 Å². The van der Waals surface area contributed by atoms with Crippen molar-refractivity contribution >= 4 is 11.7 Å². The molecule has 5 nitrogen and oxygen atoms in total. The number of alkyl halides is 6. The summed E-state index contributed by atoms with van der Waals surface area (Å²) in [6.07, 6.45) is -10.9. The maximum Gasteiger partial charge on any atom is 0.416 e. The SMILES string of the molecule is Cc1c(C(F)(F)F)ccnc1NC(=O)[C@@H]1[C@@H](c2cccc(C(F)(F)F)c2)[C@H]2O[C@@H]1C[C@@H]2O. The highest BCUT2D eigenvalue weighted by molar-refractivity contribution is 5.94. The van der Waals surface area contributed by atoms with Crippen molar-refractivity contribution in [1.82, 2.24) is 4.98 Å². The molecule has 172 valence electrons. The molecule has 11 heteroatoms. The molecule has 0 spiro atoms. The summed E-state index contributed by atoms with van der Waals surface area (Å²) in [5.74, 6) is -2.95. The van der Waals surface area contributed by atoms with Gasteiger partial charge in [0.2, 0.25) is 5.91 Å². The largest absolute Gasteiger partial charge is 0.416 e. The molecule has 2 aromatic rings. The Morgan fingerprint density at radius 3 is 2.53 bits per heavy atom. The lowest BCUT2D eigenvalue weighted by Gasteiger charge is -2.30. The first-order valence-electron chi connectivity index (χ1n) is 9.72. The van der Waals surface area contributed by atoms with Gasteiger partial charge in [0.15, 0.2) is 0 Å². The Balaban J connectivity index is 1.66. The van der Waals surface area contributed by atoms with Gasteiger partial charge in [-0.1, -0.05) is 18.2 Å². The van der Waals surface area contributed by atoms with Crippen LogP contribution in [0.1, 0.15) is 34.6 Å². The number of carbonyl (C=O) groups excluding carboxylic acids is 1. The summed E-state index contributed by atoms with van der Waals surface area (Å²) in [6.45, 7) is 1.16. The van der Waals surface area contributed by atoms with E-state index in [2.05, 4.69) is 10.3 Å². The van der Waals surface area contributed by atoms with Crippen LogP contribution in [-0.2, 0) is 21.9 Å². The number of hydrogen-bond donors (Lipinski definition) is 2. The van der Waals surface area contributed by atoms with Crippen molar-refractivity contribution in [1.29, 1.82) is 0 Å². The van der Waals surface area contributed by atoms with Crippen LogP contribution < -0.4 is 5.32 Å². The first kappa shape index (κ1) is 22.5. The molecule has 2 saturated heterocycles. The average Bonchev–Trinajstić information content (AvgIpc) is 3.25. The van der Waals surface area contributed by atoms with Crippen molar-refractivity contribution in [3.8, 4) is 0 Å². The average molecular weight is 460 g/mol. The number of benzene rings is 1. The number of amides is 1. The van der Waals surface area contributed by atoms with E-state index in [0.717, 1.165) is 31.3 Å². The van der Waals surface area contributed by atoms with E-state index in [0.29, 0.717) is 0 Å². The molecular formula is C21H18F6N2O3. The minimum atomic E-state index is -4.65. The predicted octanol–water partition coefficient (Wildman–Crippen LogP) is 4.30. The number of aliphatic hydroxyl groups is 1. The van der Waals surface area contributed by atoms with E-state index >= 15 is 0 Å². The molecule has 0 saturated carbocycles. The molecular weight excluding hydrogens is 442 g/mol. The van der Waals surface area contributed by atoms with Crippen LogP contribution in [0.4, 0.5) is 32.2 Å². The lowest BCUT2D eigenvalue weighted by atomic mass is 9.73. The Hall–Kier alpha value is -2.66. The molecule has 4 rings (SSSR count). The van der Waals surface area contributed by atoms with Crippen LogP contribution in [0.5, 0.6) is 0 Å². The maximum absolute atomic E-state index is 13.2. The van der Waals surface area contributed by atoms with E-state index in [1.165, 1.54) is 12.1 Å². The van der Waals surface area contributed by atoms with E-state index < -0.39 is 59.5 Å². The van der Waals surface area contributed by atoms with Gasteiger partial charge in [-0.05, 0) is 24.6 Å². The van der Waals surface area contributed by atoms with Gasteiger partial charge in [0, 0.05) is 24.1 Å². The number of ether oxygens (including phenoxy) is 1. The molecule has 1 aromatic carbocycles. The fourth-order valence-corrected chi connectivity index (χ4v) is 4.53. The van der Waals surface area contributed by atoms with Gasteiger partial charge in [0.25, 0.3) is 0 Å². The zero-order chi connectivity index (χ0) is 23.4. The smallest absolute Gasteiger partial charge is 0.390 e. The fraction of sp³-hybridized carbons (Fsp3) is 0.429. The van der Waals surface area contributed by atoms with Crippen molar-refractivity contribution < 1.29 is 41.0 Å². The summed E-state index contributed by atoms with van der Waals surface area (Å²) in [7, 11) is 0.